The minimum absolute atomic E-state index is 0.0234. The highest BCUT2D eigenvalue weighted by Crippen LogP contribution is 2.20. The summed E-state index contributed by atoms with van der Waals surface area (Å²) in [7, 11) is 0. The van der Waals surface area contributed by atoms with Gasteiger partial charge in [0, 0.05) is 20.0 Å². The molecule has 0 bridgehead atoms. The molecule has 0 aliphatic carbocycles. The van der Waals surface area contributed by atoms with Crippen molar-refractivity contribution in [3.8, 4) is 0 Å². The topological polar surface area (TPSA) is 96.5 Å². The van der Waals surface area contributed by atoms with Crippen LogP contribution >= 0.6 is 11.8 Å². The lowest BCUT2D eigenvalue weighted by Crippen LogP contribution is -2.41. The van der Waals surface area contributed by atoms with Gasteiger partial charge in [-0.25, -0.2) is 0 Å². The van der Waals surface area contributed by atoms with Gasteiger partial charge in [-0.15, -0.1) is 10.2 Å². The second-order valence-corrected chi connectivity index (χ2v) is 5.30. The number of amides is 1. The summed E-state index contributed by atoms with van der Waals surface area (Å²) in [5, 5.41) is 16.7. The lowest BCUT2D eigenvalue weighted by atomic mass is 9.97. The molecule has 0 aromatic carbocycles. The molecule has 19 heavy (non-hydrogen) atoms. The number of rotatable bonds is 4. The van der Waals surface area contributed by atoms with E-state index in [1.54, 1.807) is 11.8 Å². The number of hydrogen-bond donors (Lipinski definition) is 1. The van der Waals surface area contributed by atoms with Crippen LogP contribution < -0.4 is 0 Å². The number of nitrogens with zero attached hydrogens (tertiary/aromatic N) is 3. The van der Waals surface area contributed by atoms with E-state index >= 15 is 0 Å². The lowest BCUT2D eigenvalue weighted by molar-refractivity contribution is -0.145. The maximum Gasteiger partial charge on any atom is 0.306 e. The van der Waals surface area contributed by atoms with Crippen molar-refractivity contribution in [2.24, 2.45) is 5.92 Å². The monoisotopic (exact) mass is 285 g/mol. The number of thioether (sulfide) groups is 1. The number of aromatic nitrogens is 2. The largest absolute Gasteiger partial charge is 0.481 e. The number of carboxylic acids is 1. The molecule has 1 aliphatic heterocycles. The van der Waals surface area contributed by atoms with E-state index in [1.165, 1.54) is 11.8 Å². The third kappa shape index (κ3) is 3.69. The average Bonchev–Trinajstić information content (AvgIpc) is 2.82. The Morgan fingerprint density at radius 3 is 2.63 bits per heavy atom. The van der Waals surface area contributed by atoms with Gasteiger partial charge in [0.15, 0.2) is 0 Å². The first kappa shape index (κ1) is 13.9. The van der Waals surface area contributed by atoms with E-state index in [0.717, 1.165) is 0 Å². The van der Waals surface area contributed by atoms with Crippen LogP contribution in [0.25, 0.3) is 0 Å². The molecule has 1 aromatic heterocycles. The fraction of sp³-hybridized carbons (Fsp3) is 0.636. The number of hydrogen-bond acceptors (Lipinski definition) is 6. The van der Waals surface area contributed by atoms with E-state index < -0.39 is 5.97 Å². The zero-order valence-electron chi connectivity index (χ0n) is 10.5. The second kappa shape index (κ2) is 6.05. The van der Waals surface area contributed by atoms with Gasteiger partial charge in [0.05, 0.1) is 11.7 Å². The first-order valence-electron chi connectivity index (χ1n) is 5.99. The Hall–Kier alpha value is -1.57. The first-order chi connectivity index (χ1) is 9.06. The van der Waals surface area contributed by atoms with Crippen molar-refractivity contribution in [3.05, 3.63) is 5.89 Å². The second-order valence-electron chi connectivity index (χ2n) is 4.37. The van der Waals surface area contributed by atoms with Gasteiger partial charge in [0.2, 0.25) is 11.8 Å². The number of carboxylic acid groups (broad SMARTS) is 1. The predicted molar refractivity (Wildman–Crippen MR) is 66.7 cm³/mol. The molecule has 1 fully saturated rings. The minimum atomic E-state index is -0.775. The van der Waals surface area contributed by atoms with Crippen molar-refractivity contribution in [1.82, 2.24) is 15.1 Å². The Bertz CT molecular complexity index is 468. The van der Waals surface area contributed by atoms with E-state index in [2.05, 4.69) is 10.2 Å². The van der Waals surface area contributed by atoms with E-state index in [9.17, 15) is 9.59 Å². The highest BCUT2D eigenvalue weighted by Gasteiger charge is 2.27. The molecule has 104 valence electrons. The maximum atomic E-state index is 11.9. The van der Waals surface area contributed by atoms with E-state index in [-0.39, 0.29) is 17.6 Å². The fourth-order valence-corrected chi connectivity index (χ4v) is 2.63. The smallest absolute Gasteiger partial charge is 0.306 e. The third-order valence-electron chi connectivity index (χ3n) is 3.02. The Kier molecular flexibility index (Phi) is 4.41. The van der Waals surface area contributed by atoms with Gasteiger partial charge in [0.1, 0.15) is 0 Å². The SMILES string of the molecule is Cc1nnc(SCC(=O)N2CCC(C(=O)O)CC2)o1. The van der Waals surface area contributed by atoms with Crippen molar-refractivity contribution in [3.63, 3.8) is 0 Å². The van der Waals surface area contributed by atoms with Gasteiger partial charge in [-0.05, 0) is 12.8 Å². The predicted octanol–water partition coefficient (Wildman–Crippen LogP) is 0.793. The molecule has 0 radical (unpaired) electrons. The summed E-state index contributed by atoms with van der Waals surface area (Å²) in [6.07, 6.45) is 1.04. The summed E-state index contributed by atoms with van der Waals surface area (Å²) in [5.74, 6) is -0.417. The van der Waals surface area contributed by atoms with Gasteiger partial charge in [-0.3, -0.25) is 9.59 Å². The van der Waals surface area contributed by atoms with Crippen LogP contribution in [0.15, 0.2) is 9.64 Å². The number of carbonyl (C=O) groups is 2. The molecule has 0 unspecified atom stereocenters. The van der Waals surface area contributed by atoms with E-state index in [4.69, 9.17) is 9.52 Å². The number of piperidine rings is 1. The normalized spacial score (nSPS) is 16.6. The number of likely N-dealkylation sites (tertiary alicyclic amines) is 1. The summed E-state index contributed by atoms with van der Waals surface area (Å²) in [5.41, 5.74) is 0. The molecule has 0 spiro atoms. The Morgan fingerprint density at radius 1 is 1.42 bits per heavy atom. The van der Waals surface area contributed by atoms with Gasteiger partial charge < -0.3 is 14.4 Å². The number of aryl methyl sites for hydroxylation is 1. The van der Waals surface area contributed by atoms with Crippen LogP contribution in [-0.2, 0) is 9.59 Å². The summed E-state index contributed by atoms with van der Waals surface area (Å²) < 4.78 is 5.16. The van der Waals surface area contributed by atoms with Gasteiger partial charge in [-0.1, -0.05) is 11.8 Å². The summed E-state index contributed by atoms with van der Waals surface area (Å²) in [4.78, 5) is 24.4. The summed E-state index contributed by atoms with van der Waals surface area (Å²) in [6, 6.07) is 0. The molecule has 7 nitrogen and oxygen atoms in total. The van der Waals surface area contributed by atoms with Gasteiger partial charge in [-0.2, -0.15) is 0 Å². The van der Waals surface area contributed by atoms with Crippen LogP contribution in [0.4, 0.5) is 0 Å². The molecule has 1 amide bonds. The molecule has 0 atom stereocenters. The van der Waals surface area contributed by atoms with Crippen LogP contribution in [0.1, 0.15) is 18.7 Å². The molecule has 1 N–H and O–H groups in total. The Morgan fingerprint density at radius 2 is 2.11 bits per heavy atom. The molecule has 1 aromatic rings. The average molecular weight is 285 g/mol. The van der Waals surface area contributed by atoms with Crippen LogP contribution in [0.3, 0.4) is 0 Å². The van der Waals surface area contributed by atoms with Gasteiger partial charge >= 0.3 is 5.97 Å². The van der Waals surface area contributed by atoms with Crippen molar-refractivity contribution in [1.29, 1.82) is 0 Å². The summed E-state index contributed by atoms with van der Waals surface area (Å²) in [6.45, 7) is 2.69. The van der Waals surface area contributed by atoms with Crippen molar-refractivity contribution in [2.75, 3.05) is 18.8 Å². The first-order valence-corrected chi connectivity index (χ1v) is 6.98. The van der Waals surface area contributed by atoms with Crippen LogP contribution in [0, 0.1) is 12.8 Å². The fourth-order valence-electron chi connectivity index (χ4n) is 1.93. The Labute approximate surface area is 114 Å². The summed E-state index contributed by atoms with van der Waals surface area (Å²) >= 11 is 1.20. The minimum Gasteiger partial charge on any atom is -0.481 e. The van der Waals surface area contributed by atoms with Crippen molar-refractivity contribution in [2.45, 2.75) is 25.0 Å². The number of carbonyl (C=O) groups excluding carboxylic acids is 1. The molecule has 8 heteroatoms. The van der Waals surface area contributed by atoms with Crippen LogP contribution in [-0.4, -0.2) is 50.9 Å². The molecule has 2 heterocycles. The molecule has 0 saturated carbocycles. The molecular formula is C11H15N3O4S. The molecule has 2 rings (SSSR count). The lowest BCUT2D eigenvalue weighted by Gasteiger charge is -2.29. The van der Waals surface area contributed by atoms with Crippen molar-refractivity contribution >= 4 is 23.6 Å². The maximum absolute atomic E-state index is 11.9. The quantitative estimate of drug-likeness (QED) is 0.817. The third-order valence-corrected chi connectivity index (χ3v) is 3.83. The highest BCUT2D eigenvalue weighted by molar-refractivity contribution is 7.99. The van der Waals surface area contributed by atoms with Crippen molar-refractivity contribution < 1.29 is 19.1 Å². The standard InChI is InChI=1S/C11H15N3O4S/c1-7-12-13-11(18-7)19-6-9(15)14-4-2-8(3-5-14)10(16)17/h8H,2-6H2,1H3,(H,16,17). The number of aliphatic carboxylic acids is 1. The molecular weight excluding hydrogens is 270 g/mol. The van der Waals surface area contributed by atoms with E-state index in [1.807, 2.05) is 0 Å². The zero-order valence-corrected chi connectivity index (χ0v) is 11.4. The van der Waals surface area contributed by atoms with Gasteiger partial charge in [0.25, 0.3) is 5.22 Å². The van der Waals surface area contributed by atoms with E-state index in [0.29, 0.717) is 37.0 Å². The highest BCUT2D eigenvalue weighted by atomic mass is 32.2. The zero-order chi connectivity index (χ0) is 13.8. The molecule has 1 aliphatic rings. The van der Waals surface area contributed by atoms with Crippen LogP contribution in [0.5, 0.6) is 0 Å². The van der Waals surface area contributed by atoms with Crippen LogP contribution in [0.2, 0.25) is 0 Å². The Balaban J connectivity index is 1.77. The molecule has 1 saturated heterocycles.